The van der Waals surface area contributed by atoms with Crippen molar-refractivity contribution in [1.82, 2.24) is 20.1 Å². The van der Waals surface area contributed by atoms with E-state index in [4.69, 9.17) is 9.73 Å². The Labute approximate surface area is 246 Å². The molecule has 0 spiro atoms. The number of halogens is 3. The minimum atomic E-state index is -3.04. The lowest BCUT2D eigenvalue weighted by atomic mass is 9.92. The highest BCUT2D eigenvalue weighted by Gasteiger charge is 2.59. The first-order valence-corrected chi connectivity index (χ1v) is 14.9. The van der Waals surface area contributed by atoms with Crippen molar-refractivity contribution in [3.63, 3.8) is 0 Å². The first-order chi connectivity index (χ1) is 20.0. The van der Waals surface area contributed by atoms with Gasteiger partial charge in [-0.25, -0.2) is 22.9 Å². The quantitative estimate of drug-likeness (QED) is 0.392. The summed E-state index contributed by atoms with van der Waals surface area (Å²) in [4.78, 5) is 37.2. The van der Waals surface area contributed by atoms with Gasteiger partial charge in [-0.1, -0.05) is 19.1 Å². The van der Waals surface area contributed by atoms with Gasteiger partial charge in [0, 0.05) is 36.4 Å². The summed E-state index contributed by atoms with van der Waals surface area (Å²) >= 11 is 1.32. The average Bonchev–Trinajstić information content (AvgIpc) is 3.68. The van der Waals surface area contributed by atoms with Crippen LogP contribution in [0.2, 0.25) is 0 Å². The molecule has 3 aliphatic rings. The van der Waals surface area contributed by atoms with Crippen molar-refractivity contribution in [2.45, 2.75) is 57.7 Å². The number of amidine groups is 1. The molecule has 42 heavy (non-hydrogen) atoms. The number of esters is 1. The van der Waals surface area contributed by atoms with Crippen molar-refractivity contribution in [2.24, 2.45) is 10.9 Å². The zero-order valence-corrected chi connectivity index (χ0v) is 24.5. The van der Waals surface area contributed by atoms with Crippen LogP contribution in [0.1, 0.15) is 48.9 Å². The van der Waals surface area contributed by atoms with Gasteiger partial charge < -0.3 is 15.2 Å². The number of fused-ring (bicyclic) bond motifs is 1. The van der Waals surface area contributed by atoms with Gasteiger partial charge in [-0.2, -0.15) is 0 Å². The number of carboxylic acids is 1. The number of aliphatic imine (C=N–C) groups is 1. The highest BCUT2D eigenvalue weighted by atomic mass is 32.1. The summed E-state index contributed by atoms with van der Waals surface area (Å²) < 4.78 is 51.2. The zero-order valence-electron chi connectivity index (χ0n) is 23.6. The van der Waals surface area contributed by atoms with Crippen LogP contribution < -0.4 is 5.32 Å². The Bertz CT molecular complexity index is 1400. The second-order valence-electron chi connectivity index (χ2n) is 10.9. The largest absolute Gasteiger partial charge is 0.481 e. The van der Waals surface area contributed by atoms with Crippen LogP contribution in [-0.2, 0) is 14.3 Å². The van der Waals surface area contributed by atoms with E-state index in [-0.39, 0.29) is 31.7 Å². The monoisotopic (exact) mass is 605 g/mol. The molecule has 2 fully saturated rings. The van der Waals surface area contributed by atoms with Crippen LogP contribution in [0.15, 0.2) is 46.0 Å². The second kappa shape index (κ2) is 12.1. The maximum Gasteiger partial charge on any atom is 0.338 e. The first kappa shape index (κ1) is 30.2. The Balaban J connectivity index is 1.51. The van der Waals surface area contributed by atoms with E-state index in [9.17, 15) is 19.1 Å². The molecule has 1 aromatic heterocycles. The number of rotatable bonds is 10. The van der Waals surface area contributed by atoms with Crippen LogP contribution in [0.25, 0.3) is 0 Å². The molecule has 3 aliphatic heterocycles. The van der Waals surface area contributed by atoms with Gasteiger partial charge in [-0.3, -0.25) is 19.6 Å². The third-order valence-corrected chi connectivity index (χ3v) is 9.06. The van der Waals surface area contributed by atoms with E-state index in [1.54, 1.807) is 54.3 Å². The number of nitrogens with one attached hydrogen (secondary N) is 1. The van der Waals surface area contributed by atoms with E-state index < -0.39 is 54.3 Å². The molecule has 2 aromatic rings. The molecule has 13 heteroatoms. The Morgan fingerprint density at radius 3 is 2.79 bits per heavy atom. The highest BCUT2D eigenvalue weighted by molar-refractivity contribution is 7.11. The van der Waals surface area contributed by atoms with Crippen LogP contribution in [0.5, 0.6) is 0 Å². The Kier molecular flexibility index (Phi) is 8.72. The standard InChI is InChI=1S/C29H34F3N5O4S/c1-4-41-28(40)22-20(14-37-15-29(31,32)24-21(37)9-12-36(24)11-8-16(2)27(38)39)34-25(26-33-10-13-42-26)35-23(22)18-6-5-7-19(30)17(18)3/h5-7,10,13,16,21,23-24H,4,8-9,11-12,14-15H2,1-3H3,(H,34,35)(H,38,39). The minimum Gasteiger partial charge on any atom is -0.481 e. The number of carbonyl (C=O) groups excluding carboxylic acids is 1. The fourth-order valence-electron chi connectivity index (χ4n) is 6.12. The van der Waals surface area contributed by atoms with E-state index in [0.29, 0.717) is 40.6 Å². The fraction of sp³-hybridized carbons (Fsp3) is 0.517. The summed E-state index contributed by atoms with van der Waals surface area (Å²) in [6, 6.07) is 2.06. The predicted molar refractivity (Wildman–Crippen MR) is 151 cm³/mol. The first-order valence-electron chi connectivity index (χ1n) is 14.0. The molecule has 2 saturated heterocycles. The second-order valence-corrected chi connectivity index (χ2v) is 11.8. The SMILES string of the molecule is CCOC(=O)C1=C(CN2CC(F)(F)C3C2CCN3CCC(C)C(=O)O)NC(c2nccs2)=NC1c1cccc(F)c1C. The molecule has 0 amide bonds. The topological polar surface area (TPSA) is 107 Å². The zero-order chi connectivity index (χ0) is 30.2. The Morgan fingerprint density at radius 2 is 2.10 bits per heavy atom. The number of hydrogen-bond acceptors (Lipinski definition) is 9. The van der Waals surface area contributed by atoms with Gasteiger partial charge in [-0.05, 0) is 50.4 Å². The van der Waals surface area contributed by atoms with E-state index in [0.717, 1.165) is 0 Å². The Morgan fingerprint density at radius 1 is 1.31 bits per heavy atom. The molecule has 226 valence electrons. The molecular formula is C29H34F3N5O4S. The number of carboxylic acid groups (broad SMARTS) is 1. The number of hydrogen-bond donors (Lipinski definition) is 2. The molecule has 0 radical (unpaired) electrons. The summed E-state index contributed by atoms with van der Waals surface area (Å²) in [5.74, 6) is -5.38. The molecule has 2 N–H and O–H groups in total. The smallest absolute Gasteiger partial charge is 0.338 e. The number of benzene rings is 1. The van der Waals surface area contributed by atoms with Crippen LogP contribution in [-0.4, -0.2) is 88.5 Å². The number of thiazole rings is 1. The van der Waals surface area contributed by atoms with Crippen LogP contribution in [0.4, 0.5) is 13.2 Å². The summed E-state index contributed by atoms with van der Waals surface area (Å²) in [7, 11) is 0. The van der Waals surface area contributed by atoms with Crippen molar-refractivity contribution >= 4 is 29.1 Å². The third-order valence-electron chi connectivity index (χ3n) is 8.28. The molecule has 4 heterocycles. The van der Waals surface area contributed by atoms with Gasteiger partial charge in [-0.15, -0.1) is 11.3 Å². The molecule has 1 aromatic carbocycles. The molecule has 0 aliphatic carbocycles. The maximum atomic E-state index is 15.6. The number of ether oxygens (including phenoxy) is 1. The van der Waals surface area contributed by atoms with Crippen molar-refractivity contribution in [3.8, 4) is 0 Å². The predicted octanol–water partition coefficient (Wildman–Crippen LogP) is 4.00. The molecule has 4 unspecified atom stereocenters. The summed E-state index contributed by atoms with van der Waals surface area (Å²) in [5.41, 5.74) is 1.29. The molecule has 4 atom stereocenters. The van der Waals surface area contributed by atoms with Crippen molar-refractivity contribution in [1.29, 1.82) is 0 Å². The van der Waals surface area contributed by atoms with Crippen LogP contribution in [0.3, 0.4) is 0 Å². The van der Waals surface area contributed by atoms with Crippen LogP contribution >= 0.6 is 11.3 Å². The summed E-state index contributed by atoms with van der Waals surface area (Å²) in [6.07, 6.45) is 2.36. The molecule has 5 rings (SSSR count). The van der Waals surface area contributed by atoms with Crippen molar-refractivity contribution in [3.05, 3.63) is 63.0 Å². The van der Waals surface area contributed by atoms with Crippen molar-refractivity contribution in [2.75, 3.05) is 32.8 Å². The van der Waals surface area contributed by atoms with Gasteiger partial charge in [0.25, 0.3) is 5.92 Å². The van der Waals surface area contributed by atoms with Gasteiger partial charge in [0.2, 0.25) is 0 Å². The van der Waals surface area contributed by atoms with Gasteiger partial charge in [0.1, 0.15) is 11.9 Å². The number of alkyl halides is 2. The summed E-state index contributed by atoms with van der Waals surface area (Å²) in [6.45, 7) is 5.08. The Hall–Kier alpha value is -3.29. The molecule has 0 bridgehead atoms. The van der Waals surface area contributed by atoms with E-state index in [1.165, 1.54) is 17.4 Å². The van der Waals surface area contributed by atoms with Crippen LogP contribution in [0, 0.1) is 18.7 Å². The minimum absolute atomic E-state index is 0.0144. The third kappa shape index (κ3) is 5.82. The lowest BCUT2D eigenvalue weighted by Crippen LogP contribution is -2.46. The molecule has 9 nitrogen and oxygen atoms in total. The number of likely N-dealkylation sites (tertiary alicyclic amines) is 2. The lowest BCUT2D eigenvalue weighted by molar-refractivity contribution is -0.141. The fourth-order valence-corrected chi connectivity index (χ4v) is 6.71. The van der Waals surface area contributed by atoms with E-state index in [1.807, 2.05) is 0 Å². The normalized spacial score (nSPS) is 24.7. The number of nitrogens with zero attached hydrogens (tertiary/aromatic N) is 4. The average molecular weight is 606 g/mol. The molecular weight excluding hydrogens is 571 g/mol. The summed E-state index contributed by atoms with van der Waals surface area (Å²) in [5, 5.41) is 14.8. The molecule has 0 saturated carbocycles. The van der Waals surface area contributed by atoms with E-state index >= 15 is 8.78 Å². The number of aliphatic carboxylic acids is 1. The van der Waals surface area contributed by atoms with Gasteiger partial charge in [0.15, 0.2) is 10.8 Å². The number of aromatic nitrogens is 1. The van der Waals surface area contributed by atoms with Gasteiger partial charge >= 0.3 is 11.9 Å². The maximum absolute atomic E-state index is 15.6. The number of carbonyl (C=O) groups is 2. The highest BCUT2D eigenvalue weighted by Crippen LogP contribution is 2.43. The lowest BCUT2D eigenvalue weighted by Gasteiger charge is -2.31. The van der Waals surface area contributed by atoms with Crippen molar-refractivity contribution < 1.29 is 32.6 Å². The van der Waals surface area contributed by atoms with E-state index in [2.05, 4.69) is 10.3 Å². The van der Waals surface area contributed by atoms with Gasteiger partial charge in [0.05, 0.1) is 30.7 Å².